The number of likely N-dealkylation sites (tertiary alicyclic amines) is 1. The molecule has 2 aromatic rings. The lowest BCUT2D eigenvalue weighted by Gasteiger charge is -2.30. The molecule has 7 heteroatoms. The van der Waals surface area contributed by atoms with E-state index in [9.17, 15) is 4.21 Å². The molecule has 2 atom stereocenters. The molecule has 1 heterocycles. The number of aliphatic imine (C=N–C) groups is 1. The van der Waals surface area contributed by atoms with Gasteiger partial charge in [0, 0.05) is 36.3 Å². The summed E-state index contributed by atoms with van der Waals surface area (Å²) in [5.74, 6) is 2.17. The highest BCUT2D eigenvalue weighted by Crippen LogP contribution is 2.31. The highest BCUT2D eigenvalue weighted by atomic mass is 32.2. The Labute approximate surface area is 182 Å². The summed E-state index contributed by atoms with van der Waals surface area (Å²) < 4.78 is 18.0. The van der Waals surface area contributed by atoms with Crippen molar-refractivity contribution in [3.05, 3.63) is 60.2 Å². The number of benzene rings is 2. The van der Waals surface area contributed by atoms with E-state index >= 15 is 0 Å². The van der Waals surface area contributed by atoms with Crippen molar-refractivity contribution in [3.8, 4) is 5.75 Å². The number of guanidine groups is 1. The minimum Gasteiger partial charge on any atom is -0.496 e. The molecule has 0 aliphatic carbocycles. The number of ether oxygens (including phenoxy) is 1. The third kappa shape index (κ3) is 6.06. The maximum atomic E-state index is 12.4. The van der Waals surface area contributed by atoms with Crippen LogP contribution in [0.3, 0.4) is 0 Å². The lowest BCUT2D eigenvalue weighted by molar-refractivity contribution is 0.239. The van der Waals surface area contributed by atoms with Gasteiger partial charge in [-0.05, 0) is 44.1 Å². The molecule has 0 spiro atoms. The summed E-state index contributed by atoms with van der Waals surface area (Å²) in [6, 6.07) is 18.0. The van der Waals surface area contributed by atoms with Crippen molar-refractivity contribution in [1.82, 2.24) is 15.5 Å². The predicted octanol–water partition coefficient (Wildman–Crippen LogP) is 2.80. The number of hydrogen-bond donors (Lipinski definition) is 2. The minimum atomic E-state index is -1.02. The average molecular weight is 429 g/mol. The van der Waals surface area contributed by atoms with Crippen molar-refractivity contribution in [3.63, 3.8) is 0 Å². The minimum absolute atomic E-state index is 0.209. The summed E-state index contributed by atoms with van der Waals surface area (Å²) in [7, 11) is 2.46. The predicted molar refractivity (Wildman–Crippen MR) is 124 cm³/mol. The molecule has 2 unspecified atom stereocenters. The fourth-order valence-corrected chi connectivity index (χ4v) is 4.78. The molecule has 2 N–H and O–H groups in total. The van der Waals surface area contributed by atoms with Crippen LogP contribution in [0.15, 0.2) is 64.5 Å². The molecule has 1 saturated heterocycles. The maximum absolute atomic E-state index is 12.4. The smallest absolute Gasteiger partial charge is 0.191 e. The maximum Gasteiger partial charge on any atom is 0.191 e. The Morgan fingerprint density at radius 3 is 2.50 bits per heavy atom. The molecule has 30 heavy (non-hydrogen) atoms. The Hall–Kier alpha value is -2.38. The lowest BCUT2D eigenvalue weighted by atomic mass is 10.0. The molecule has 6 nitrogen and oxygen atoms in total. The first kappa shape index (κ1) is 22.3. The summed E-state index contributed by atoms with van der Waals surface area (Å²) in [6.45, 7) is 3.49. The van der Waals surface area contributed by atoms with Gasteiger partial charge < -0.3 is 15.4 Å². The standard InChI is InChI=1S/C23H32N4O2S/c1-24-23(25-14-17-30(28)19-10-4-3-5-11-19)26-18-21(27-15-8-9-16-27)20-12-6-7-13-22(20)29-2/h3-7,10-13,21H,8-9,14-18H2,1-2H3,(H2,24,25,26). The van der Waals surface area contributed by atoms with Crippen LogP contribution in [0.2, 0.25) is 0 Å². The lowest BCUT2D eigenvalue weighted by Crippen LogP contribution is -2.43. The van der Waals surface area contributed by atoms with Crippen LogP contribution in [0.4, 0.5) is 0 Å². The summed E-state index contributed by atoms with van der Waals surface area (Å²) in [5, 5.41) is 6.74. The van der Waals surface area contributed by atoms with Gasteiger partial charge >= 0.3 is 0 Å². The van der Waals surface area contributed by atoms with Gasteiger partial charge in [-0.15, -0.1) is 0 Å². The Morgan fingerprint density at radius 2 is 1.80 bits per heavy atom. The molecule has 0 amide bonds. The van der Waals surface area contributed by atoms with Crippen LogP contribution >= 0.6 is 0 Å². The summed E-state index contributed by atoms with van der Waals surface area (Å²) >= 11 is 0. The first-order chi connectivity index (χ1) is 14.7. The largest absolute Gasteiger partial charge is 0.496 e. The number of hydrogen-bond acceptors (Lipinski definition) is 4. The SMILES string of the molecule is CN=C(NCCS(=O)c1ccccc1)NCC(c1ccccc1OC)N1CCCC1. The van der Waals surface area contributed by atoms with Gasteiger partial charge in [-0.3, -0.25) is 14.1 Å². The second kappa shape index (κ2) is 11.7. The number of nitrogens with one attached hydrogen (secondary N) is 2. The fraction of sp³-hybridized carbons (Fsp3) is 0.435. The van der Waals surface area contributed by atoms with Crippen LogP contribution in [-0.2, 0) is 10.8 Å². The quantitative estimate of drug-likeness (QED) is 0.475. The van der Waals surface area contributed by atoms with Crippen molar-refractivity contribution in [2.45, 2.75) is 23.8 Å². The zero-order valence-electron chi connectivity index (χ0n) is 17.8. The third-order valence-electron chi connectivity index (χ3n) is 5.35. The zero-order valence-corrected chi connectivity index (χ0v) is 18.7. The molecule has 0 aromatic heterocycles. The molecule has 3 rings (SSSR count). The van der Waals surface area contributed by atoms with E-state index in [4.69, 9.17) is 4.74 Å². The van der Waals surface area contributed by atoms with Crippen LogP contribution in [0.25, 0.3) is 0 Å². The first-order valence-electron chi connectivity index (χ1n) is 10.5. The van der Waals surface area contributed by atoms with Crippen molar-refractivity contribution in [2.24, 2.45) is 4.99 Å². The van der Waals surface area contributed by atoms with Gasteiger partial charge in [0.25, 0.3) is 0 Å². The van der Waals surface area contributed by atoms with Crippen molar-refractivity contribution in [2.75, 3.05) is 46.1 Å². The number of methoxy groups -OCH3 is 1. The summed E-state index contributed by atoms with van der Waals surface area (Å²) in [5.41, 5.74) is 1.19. The molecule has 0 saturated carbocycles. The van der Waals surface area contributed by atoms with Crippen LogP contribution < -0.4 is 15.4 Å². The molecular weight excluding hydrogens is 396 g/mol. The second-order valence-electron chi connectivity index (χ2n) is 7.24. The first-order valence-corrected chi connectivity index (χ1v) is 11.8. The van der Waals surface area contributed by atoms with Crippen LogP contribution in [0.1, 0.15) is 24.4 Å². The van der Waals surface area contributed by atoms with E-state index in [2.05, 4.69) is 32.7 Å². The third-order valence-corrected chi connectivity index (χ3v) is 6.72. The van der Waals surface area contributed by atoms with Crippen molar-refractivity contribution in [1.29, 1.82) is 0 Å². The van der Waals surface area contributed by atoms with Crippen molar-refractivity contribution >= 4 is 16.8 Å². The number of rotatable bonds is 9. The number of nitrogens with zero attached hydrogens (tertiary/aromatic N) is 2. The van der Waals surface area contributed by atoms with Gasteiger partial charge in [0.1, 0.15) is 5.75 Å². The molecule has 2 aromatic carbocycles. The molecular formula is C23H32N4O2S. The van der Waals surface area contributed by atoms with Crippen LogP contribution in [0, 0.1) is 0 Å². The van der Waals surface area contributed by atoms with Gasteiger partial charge in [0.15, 0.2) is 5.96 Å². The molecule has 0 bridgehead atoms. The highest BCUT2D eigenvalue weighted by Gasteiger charge is 2.26. The normalized spacial score (nSPS) is 16.8. The topological polar surface area (TPSA) is 66.0 Å². The fourth-order valence-electron chi connectivity index (χ4n) is 3.80. The van der Waals surface area contributed by atoms with Gasteiger partial charge in [0.05, 0.1) is 24.0 Å². The van der Waals surface area contributed by atoms with E-state index in [0.717, 1.165) is 36.2 Å². The highest BCUT2D eigenvalue weighted by molar-refractivity contribution is 7.85. The zero-order chi connectivity index (χ0) is 21.2. The Balaban J connectivity index is 1.57. The number of para-hydroxylation sites is 1. The van der Waals surface area contributed by atoms with E-state index in [1.807, 2.05) is 42.5 Å². The van der Waals surface area contributed by atoms with E-state index in [1.165, 1.54) is 18.4 Å². The Bertz CT molecular complexity index is 838. The Morgan fingerprint density at radius 1 is 1.10 bits per heavy atom. The van der Waals surface area contributed by atoms with E-state index < -0.39 is 10.8 Å². The van der Waals surface area contributed by atoms with Gasteiger partial charge in [-0.25, -0.2) is 0 Å². The monoisotopic (exact) mass is 428 g/mol. The van der Waals surface area contributed by atoms with Gasteiger partial charge in [-0.2, -0.15) is 0 Å². The molecule has 1 aliphatic heterocycles. The van der Waals surface area contributed by atoms with Crippen molar-refractivity contribution < 1.29 is 8.95 Å². The molecule has 1 aliphatic rings. The molecule has 0 radical (unpaired) electrons. The Kier molecular flexibility index (Phi) is 8.71. The van der Waals surface area contributed by atoms with E-state index in [0.29, 0.717) is 12.3 Å². The van der Waals surface area contributed by atoms with Crippen LogP contribution in [-0.4, -0.2) is 61.2 Å². The molecule has 162 valence electrons. The average Bonchev–Trinajstić information content (AvgIpc) is 3.33. The summed E-state index contributed by atoms with van der Waals surface area (Å²) in [6.07, 6.45) is 2.45. The second-order valence-corrected chi connectivity index (χ2v) is 8.81. The van der Waals surface area contributed by atoms with Crippen LogP contribution in [0.5, 0.6) is 5.75 Å². The van der Waals surface area contributed by atoms with E-state index in [-0.39, 0.29) is 6.04 Å². The van der Waals surface area contributed by atoms with Gasteiger partial charge in [-0.1, -0.05) is 36.4 Å². The molecule has 1 fully saturated rings. The van der Waals surface area contributed by atoms with E-state index in [1.54, 1.807) is 14.2 Å². The van der Waals surface area contributed by atoms with Gasteiger partial charge in [0.2, 0.25) is 0 Å². The summed E-state index contributed by atoms with van der Waals surface area (Å²) in [4.78, 5) is 7.69.